The van der Waals surface area contributed by atoms with Crippen molar-refractivity contribution in [2.45, 2.75) is 25.9 Å². The van der Waals surface area contributed by atoms with Crippen molar-refractivity contribution in [3.8, 4) is 0 Å². The lowest BCUT2D eigenvalue weighted by molar-refractivity contribution is -0.147. The fourth-order valence-corrected chi connectivity index (χ4v) is 1.78. The Hall–Kier alpha value is -1.36. The van der Waals surface area contributed by atoms with Crippen LogP contribution in [0.15, 0.2) is 12.2 Å². The maximum absolute atomic E-state index is 11.6. The van der Waals surface area contributed by atoms with Gasteiger partial charge in [0, 0.05) is 18.5 Å². The van der Waals surface area contributed by atoms with Gasteiger partial charge in [-0.25, -0.2) is 4.79 Å². The summed E-state index contributed by atoms with van der Waals surface area (Å²) < 4.78 is 5.11. The van der Waals surface area contributed by atoms with E-state index in [1.54, 1.807) is 11.8 Å². The highest BCUT2D eigenvalue weighted by Gasteiger charge is 2.30. The molecule has 0 spiro atoms. The van der Waals surface area contributed by atoms with Gasteiger partial charge in [0.05, 0.1) is 0 Å². The van der Waals surface area contributed by atoms with E-state index in [9.17, 15) is 9.59 Å². The molecule has 1 fully saturated rings. The Morgan fingerprint density at radius 2 is 2.24 bits per heavy atom. The molecule has 96 valence electrons. The topological polar surface area (TPSA) is 49.9 Å². The molecule has 1 rings (SSSR count). The number of carbonyl (C=O) groups excluding carboxylic acids is 2. The lowest BCUT2D eigenvalue weighted by Crippen LogP contribution is -2.48. The third kappa shape index (κ3) is 3.56. The average Bonchev–Trinajstić information content (AvgIpc) is 2.64. The van der Waals surface area contributed by atoms with Gasteiger partial charge in [-0.15, -0.1) is 0 Å². The van der Waals surface area contributed by atoms with Crippen LogP contribution in [0.4, 0.5) is 0 Å². The fraction of sp³-hybridized carbons (Fsp3) is 0.667. The average molecular weight is 240 g/mol. The van der Waals surface area contributed by atoms with Gasteiger partial charge in [0.1, 0.15) is 12.8 Å². The minimum absolute atomic E-state index is 0.120. The second kappa shape index (κ2) is 5.82. The molecule has 0 aromatic heterocycles. The summed E-state index contributed by atoms with van der Waals surface area (Å²) in [6.07, 6.45) is 1.27. The SMILES string of the molecule is C=C(C)C(=O)OCC(N(C)C)N1CCCC1=O. The number of ether oxygens (including phenoxy) is 1. The third-order valence-electron chi connectivity index (χ3n) is 2.78. The summed E-state index contributed by atoms with van der Waals surface area (Å²) in [5, 5.41) is 0. The molecular weight excluding hydrogens is 220 g/mol. The molecule has 0 aromatic carbocycles. The molecule has 1 heterocycles. The van der Waals surface area contributed by atoms with Crippen LogP contribution in [0, 0.1) is 0 Å². The molecule has 5 heteroatoms. The summed E-state index contributed by atoms with van der Waals surface area (Å²) in [4.78, 5) is 26.6. The monoisotopic (exact) mass is 240 g/mol. The fourth-order valence-electron chi connectivity index (χ4n) is 1.78. The van der Waals surface area contributed by atoms with E-state index >= 15 is 0 Å². The van der Waals surface area contributed by atoms with E-state index in [1.165, 1.54) is 0 Å². The van der Waals surface area contributed by atoms with Gasteiger partial charge in [0.15, 0.2) is 0 Å². The summed E-state index contributed by atoms with van der Waals surface area (Å²) in [5.74, 6) is -0.293. The highest BCUT2D eigenvalue weighted by atomic mass is 16.5. The van der Waals surface area contributed by atoms with Crippen LogP contribution in [-0.4, -0.2) is 55.1 Å². The van der Waals surface area contributed by atoms with E-state index in [4.69, 9.17) is 4.74 Å². The molecule has 1 saturated heterocycles. The van der Waals surface area contributed by atoms with Crippen LogP contribution in [0.2, 0.25) is 0 Å². The number of amides is 1. The van der Waals surface area contributed by atoms with E-state index in [1.807, 2.05) is 19.0 Å². The van der Waals surface area contributed by atoms with Crippen molar-refractivity contribution in [1.82, 2.24) is 9.80 Å². The van der Waals surface area contributed by atoms with Gasteiger partial charge in [-0.2, -0.15) is 0 Å². The second-order valence-corrected chi connectivity index (χ2v) is 4.51. The molecule has 1 aliphatic heterocycles. The zero-order valence-corrected chi connectivity index (χ0v) is 10.7. The van der Waals surface area contributed by atoms with E-state index in [2.05, 4.69) is 6.58 Å². The molecule has 0 aromatic rings. The van der Waals surface area contributed by atoms with Crippen LogP contribution in [0.5, 0.6) is 0 Å². The molecule has 1 atom stereocenters. The second-order valence-electron chi connectivity index (χ2n) is 4.51. The van der Waals surface area contributed by atoms with Crippen molar-refractivity contribution < 1.29 is 14.3 Å². The molecule has 0 bridgehead atoms. The molecule has 1 amide bonds. The Morgan fingerprint density at radius 1 is 1.59 bits per heavy atom. The molecule has 1 unspecified atom stereocenters. The first-order valence-electron chi connectivity index (χ1n) is 5.72. The smallest absolute Gasteiger partial charge is 0.333 e. The van der Waals surface area contributed by atoms with Gasteiger partial charge in [-0.05, 0) is 27.4 Å². The molecule has 1 aliphatic rings. The van der Waals surface area contributed by atoms with E-state index in [0.717, 1.165) is 13.0 Å². The largest absolute Gasteiger partial charge is 0.459 e. The van der Waals surface area contributed by atoms with Gasteiger partial charge in [-0.3, -0.25) is 9.69 Å². The molecule has 17 heavy (non-hydrogen) atoms. The van der Waals surface area contributed by atoms with Gasteiger partial charge in [0.2, 0.25) is 5.91 Å². The van der Waals surface area contributed by atoms with Gasteiger partial charge in [0.25, 0.3) is 0 Å². The van der Waals surface area contributed by atoms with Crippen molar-refractivity contribution in [2.24, 2.45) is 0 Å². The highest BCUT2D eigenvalue weighted by molar-refractivity contribution is 5.87. The highest BCUT2D eigenvalue weighted by Crippen LogP contribution is 2.15. The molecule has 5 nitrogen and oxygen atoms in total. The van der Waals surface area contributed by atoms with Crippen molar-refractivity contribution >= 4 is 11.9 Å². The number of nitrogens with zero attached hydrogens (tertiary/aromatic N) is 2. The molecule has 0 N–H and O–H groups in total. The summed E-state index contributed by atoms with van der Waals surface area (Å²) in [7, 11) is 3.73. The first-order valence-corrected chi connectivity index (χ1v) is 5.72. The third-order valence-corrected chi connectivity index (χ3v) is 2.78. The predicted octanol–water partition coefficient (Wildman–Crippen LogP) is 0.616. The Bertz CT molecular complexity index is 326. The minimum atomic E-state index is -0.413. The van der Waals surface area contributed by atoms with Crippen LogP contribution in [0.25, 0.3) is 0 Å². The van der Waals surface area contributed by atoms with Crippen LogP contribution in [-0.2, 0) is 14.3 Å². The lowest BCUT2D eigenvalue weighted by atomic mass is 10.3. The summed E-state index contributed by atoms with van der Waals surface area (Å²) in [6, 6.07) is 0. The molecule has 0 aliphatic carbocycles. The number of likely N-dealkylation sites (tertiary alicyclic amines) is 1. The Kier molecular flexibility index (Phi) is 4.69. The minimum Gasteiger partial charge on any atom is -0.459 e. The lowest BCUT2D eigenvalue weighted by Gasteiger charge is -2.32. The van der Waals surface area contributed by atoms with Crippen molar-refractivity contribution in [3.63, 3.8) is 0 Å². The summed E-state index contributed by atoms with van der Waals surface area (Å²) in [6.45, 7) is 6.04. The van der Waals surface area contributed by atoms with Crippen LogP contribution < -0.4 is 0 Å². The molecular formula is C12H20N2O3. The van der Waals surface area contributed by atoms with Crippen LogP contribution in [0.1, 0.15) is 19.8 Å². The Morgan fingerprint density at radius 3 is 2.65 bits per heavy atom. The van der Waals surface area contributed by atoms with Crippen molar-refractivity contribution in [2.75, 3.05) is 27.2 Å². The number of rotatable bonds is 5. The van der Waals surface area contributed by atoms with E-state index in [-0.39, 0.29) is 18.7 Å². The van der Waals surface area contributed by atoms with Crippen molar-refractivity contribution in [1.29, 1.82) is 0 Å². The van der Waals surface area contributed by atoms with Crippen LogP contribution in [0.3, 0.4) is 0 Å². The molecule has 0 radical (unpaired) electrons. The quantitative estimate of drug-likeness (QED) is 0.522. The summed E-state index contributed by atoms with van der Waals surface area (Å²) in [5.41, 5.74) is 0.371. The number of esters is 1. The standard InChI is InChI=1S/C12H20N2O3/c1-9(2)12(16)17-8-10(13(3)4)14-7-5-6-11(14)15/h10H,1,5-8H2,2-4H3. The number of hydrogen-bond acceptors (Lipinski definition) is 4. The molecule has 0 saturated carbocycles. The number of hydrogen-bond donors (Lipinski definition) is 0. The first-order chi connectivity index (χ1) is 7.93. The maximum atomic E-state index is 11.6. The first kappa shape index (κ1) is 13.7. The zero-order chi connectivity index (χ0) is 13.0. The van der Waals surface area contributed by atoms with Gasteiger partial charge >= 0.3 is 5.97 Å². The predicted molar refractivity (Wildman–Crippen MR) is 64.2 cm³/mol. The van der Waals surface area contributed by atoms with Crippen LogP contribution >= 0.6 is 0 Å². The maximum Gasteiger partial charge on any atom is 0.333 e. The zero-order valence-electron chi connectivity index (χ0n) is 10.7. The normalized spacial score (nSPS) is 17.4. The van der Waals surface area contributed by atoms with E-state index < -0.39 is 5.97 Å². The van der Waals surface area contributed by atoms with Crippen molar-refractivity contribution in [3.05, 3.63) is 12.2 Å². The van der Waals surface area contributed by atoms with Gasteiger partial charge < -0.3 is 9.64 Å². The van der Waals surface area contributed by atoms with Gasteiger partial charge in [-0.1, -0.05) is 6.58 Å². The number of carbonyl (C=O) groups is 2. The Balaban J connectivity index is 2.58. The number of likely N-dealkylation sites (N-methyl/N-ethyl adjacent to an activating group) is 1. The summed E-state index contributed by atoms with van der Waals surface area (Å²) >= 11 is 0. The Labute approximate surface area is 102 Å². The van der Waals surface area contributed by atoms with E-state index in [0.29, 0.717) is 12.0 Å².